The normalized spacial score (nSPS) is 13.4. The minimum absolute atomic E-state index is 0.0296. The van der Waals surface area contributed by atoms with E-state index in [9.17, 15) is 19.0 Å². The summed E-state index contributed by atoms with van der Waals surface area (Å²) < 4.78 is 34.1. The van der Waals surface area contributed by atoms with E-state index in [-0.39, 0.29) is 32.0 Å². The van der Waals surface area contributed by atoms with Crippen molar-refractivity contribution in [2.75, 3.05) is 47.5 Å². The van der Waals surface area contributed by atoms with Gasteiger partial charge in [-0.1, -0.05) is 231 Å². The van der Waals surface area contributed by atoms with Crippen molar-refractivity contribution in [2.24, 2.45) is 0 Å². The molecule has 0 aromatic rings. The first-order valence-electron chi connectivity index (χ1n) is 29.0. The molecule has 0 saturated heterocycles. The second kappa shape index (κ2) is 50.4. The molecule has 0 spiro atoms. The Hall–Kier alpha value is -1.51. The summed E-state index contributed by atoms with van der Waals surface area (Å²) in [5, 5.41) is 0. The van der Waals surface area contributed by atoms with E-state index in [1.165, 1.54) is 199 Å². The lowest BCUT2D eigenvalue weighted by Gasteiger charge is -2.28. The van der Waals surface area contributed by atoms with E-state index in [0.717, 1.165) is 51.4 Å². The lowest BCUT2D eigenvalue weighted by molar-refractivity contribution is -0.870. The van der Waals surface area contributed by atoms with Crippen LogP contribution in [0.4, 0.5) is 0 Å². The van der Waals surface area contributed by atoms with Crippen molar-refractivity contribution in [1.82, 2.24) is 0 Å². The Balaban J connectivity index is 4.00. The number of allylic oxidation sites excluding steroid dienone is 4. The second-order valence-electron chi connectivity index (χ2n) is 21.0. The first-order chi connectivity index (χ1) is 33.0. The van der Waals surface area contributed by atoms with Crippen LogP contribution < -0.4 is 4.89 Å². The van der Waals surface area contributed by atoms with E-state index in [0.29, 0.717) is 17.4 Å². The Morgan fingerprint density at radius 1 is 0.441 bits per heavy atom. The molecule has 0 amide bonds. The van der Waals surface area contributed by atoms with Gasteiger partial charge in [0.1, 0.15) is 19.8 Å². The molecular weight excluding hydrogens is 870 g/mol. The van der Waals surface area contributed by atoms with Crippen molar-refractivity contribution in [1.29, 1.82) is 0 Å². The predicted octanol–water partition coefficient (Wildman–Crippen LogP) is 17.2. The summed E-state index contributed by atoms with van der Waals surface area (Å²) in [5.41, 5.74) is 0. The highest BCUT2D eigenvalue weighted by Crippen LogP contribution is 2.38. The fourth-order valence-electron chi connectivity index (χ4n) is 8.41. The zero-order chi connectivity index (χ0) is 49.9. The second-order valence-corrected chi connectivity index (χ2v) is 22.4. The molecule has 0 fully saturated rings. The van der Waals surface area contributed by atoms with Crippen LogP contribution >= 0.6 is 7.82 Å². The molecule has 9 nitrogen and oxygen atoms in total. The number of carbonyl (C=O) groups is 2. The Bertz CT molecular complexity index is 1200. The number of unbranched alkanes of at least 4 members (excludes halogenated alkanes) is 36. The van der Waals surface area contributed by atoms with Gasteiger partial charge < -0.3 is 27.9 Å². The molecule has 0 aromatic carbocycles. The monoisotopic (exact) mass is 982 g/mol. The van der Waals surface area contributed by atoms with Crippen LogP contribution in [0.3, 0.4) is 0 Å². The summed E-state index contributed by atoms with van der Waals surface area (Å²) in [5.74, 6) is -0.831. The highest BCUT2D eigenvalue weighted by atomic mass is 31.2. The number of rotatable bonds is 54. The topological polar surface area (TPSA) is 111 Å². The van der Waals surface area contributed by atoms with Crippen LogP contribution in [0.5, 0.6) is 0 Å². The van der Waals surface area contributed by atoms with Gasteiger partial charge in [-0.25, -0.2) is 0 Å². The molecule has 68 heavy (non-hydrogen) atoms. The first kappa shape index (κ1) is 66.5. The number of carbonyl (C=O) groups excluding carboxylic acids is 2. The minimum Gasteiger partial charge on any atom is -0.756 e. The van der Waals surface area contributed by atoms with Gasteiger partial charge in [0, 0.05) is 12.8 Å². The van der Waals surface area contributed by atoms with Crippen LogP contribution in [-0.2, 0) is 32.7 Å². The molecule has 0 saturated carbocycles. The van der Waals surface area contributed by atoms with Gasteiger partial charge in [0.05, 0.1) is 27.7 Å². The highest BCUT2D eigenvalue weighted by Gasteiger charge is 2.22. The van der Waals surface area contributed by atoms with Crippen LogP contribution in [0.1, 0.15) is 284 Å². The van der Waals surface area contributed by atoms with Crippen molar-refractivity contribution < 1.29 is 42.1 Å². The fraction of sp³-hybridized carbons (Fsp3) is 0.897. The Kier molecular flexibility index (Phi) is 49.3. The molecule has 0 aliphatic carbocycles. The van der Waals surface area contributed by atoms with Gasteiger partial charge in [0.15, 0.2) is 6.10 Å². The van der Waals surface area contributed by atoms with E-state index < -0.39 is 26.5 Å². The number of phosphoric acid groups is 1. The molecule has 0 aromatic heterocycles. The molecule has 0 aliphatic rings. The number of hydrogen-bond acceptors (Lipinski definition) is 8. The Morgan fingerprint density at radius 3 is 1.10 bits per heavy atom. The van der Waals surface area contributed by atoms with Crippen LogP contribution in [0.2, 0.25) is 0 Å². The average Bonchev–Trinajstić information content (AvgIpc) is 3.30. The van der Waals surface area contributed by atoms with Gasteiger partial charge in [-0.15, -0.1) is 0 Å². The number of ether oxygens (including phenoxy) is 2. The molecule has 2 unspecified atom stereocenters. The van der Waals surface area contributed by atoms with Crippen molar-refractivity contribution in [2.45, 2.75) is 290 Å². The molecule has 10 heteroatoms. The zero-order valence-corrected chi connectivity index (χ0v) is 46.5. The maximum absolute atomic E-state index is 12.8. The molecule has 0 aliphatic heterocycles. The largest absolute Gasteiger partial charge is 0.756 e. The van der Waals surface area contributed by atoms with Gasteiger partial charge >= 0.3 is 11.9 Å². The molecule has 0 N–H and O–H groups in total. The van der Waals surface area contributed by atoms with Crippen LogP contribution in [0, 0.1) is 0 Å². The van der Waals surface area contributed by atoms with Gasteiger partial charge in [0.2, 0.25) is 0 Å². The summed E-state index contributed by atoms with van der Waals surface area (Å²) in [7, 11) is 1.17. The predicted molar refractivity (Wildman–Crippen MR) is 287 cm³/mol. The third-order valence-electron chi connectivity index (χ3n) is 12.9. The van der Waals surface area contributed by atoms with Crippen molar-refractivity contribution in [3.8, 4) is 0 Å². The number of quaternary nitrogens is 1. The van der Waals surface area contributed by atoms with E-state index in [4.69, 9.17) is 18.5 Å². The molecule has 0 rings (SSSR count). The maximum atomic E-state index is 12.8. The van der Waals surface area contributed by atoms with Gasteiger partial charge in [-0.3, -0.25) is 14.2 Å². The van der Waals surface area contributed by atoms with E-state index in [2.05, 4.69) is 38.2 Å². The summed E-state index contributed by atoms with van der Waals surface area (Å²) >= 11 is 0. The molecule has 0 heterocycles. The summed E-state index contributed by atoms with van der Waals surface area (Å²) in [6.45, 7) is 4.25. The van der Waals surface area contributed by atoms with Crippen LogP contribution in [-0.4, -0.2) is 70.0 Å². The van der Waals surface area contributed by atoms with Crippen LogP contribution in [0.15, 0.2) is 24.3 Å². The lowest BCUT2D eigenvalue weighted by Crippen LogP contribution is -2.37. The van der Waals surface area contributed by atoms with E-state index >= 15 is 0 Å². The number of esters is 2. The number of nitrogens with zero attached hydrogens (tertiary/aromatic N) is 1. The summed E-state index contributed by atoms with van der Waals surface area (Å²) in [4.78, 5) is 37.7. The minimum atomic E-state index is -4.63. The fourth-order valence-corrected chi connectivity index (χ4v) is 9.14. The molecular formula is C58H112NO8P. The third kappa shape index (κ3) is 53.8. The SMILES string of the molecule is CCCCCC/C=C\CCCCCCCC(=O)OCC(COP(=O)([O-])OCC[N+](C)(C)C)OC(=O)CCCCCCCCCCCCCCCCCCCCC/C=C\CCCCCCCCCC. The lowest BCUT2D eigenvalue weighted by atomic mass is 10.0. The Labute approximate surface area is 421 Å². The maximum Gasteiger partial charge on any atom is 0.306 e. The number of phosphoric ester groups is 1. The first-order valence-corrected chi connectivity index (χ1v) is 30.5. The van der Waals surface area contributed by atoms with Crippen LogP contribution in [0.25, 0.3) is 0 Å². The quantitative estimate of drug-likeness (QED) is 0.0195. The van der Waals surface area contributed by atoms with E-state index in [1.54, 1.807) is 0 Å². The summed E-state index contributed by atoms with van der Waals surface area (Å²) in [6.07, 6.45) is 59.6. The van der Waals surface area contributed by atoms with E-state index in [1.807, 2.05) is 21.1 Å². The van der Waals surface area contributed by atoms with Crippen molar-refractivity contribution in [3.63, 3.8) is 0 Å². The zero-order valence-electron chi connectivity index (χ0n) is 45.6. The molecule has 402 valence electrons. The van der Waals surface area contributed by atoms with Crippen molar-refractivity contribution in [3.05, 3.63) is 24.3 Å². The van der Waals surface area contributed by atoms with Gasteiger partial charge in [-0.2, -0.15) is 0 Å². The smallest absolute Gasteiger partial charge is 0.306 e. The number of likely N-dealkylation sites (N-methyl/N-ethyl adjacent to an activating group) is 1. The number of hydrogen-bond donors (Lipinski definition) is 0. The standard InChI is InChI=1S/C58H112NO8P/c1-6-8-10-12-14-16-18-20-21-22-23-24-25-26-27-28-29-30-31-32-33-34-35-36-37-39-41-43-45-47-49-51-58(61)67-56(55-66-68(62,63)65-53-52-59(3,4)5)54-64-57(60)50-48-46-44-42-40-38-19-17-15-13-11-9-7-2/h17,19,22-23,56H,6-16,18,20-21,24-55H2,1-5H3/b19-17-,23-22-. The molecule has 0 bridgehead atoms. The molecule has 2 atom stereocenters. The molecule has 0 radical (unpaired) electrons. The third-order valence-corrected chi connectivity index (χ3v) is 13.9. The summed E-state index contributed by atoms with van der Waals surface area (Å²) in [6, 6.07) is 0. The van der Waals surface area contributed by atoms with Gasteiger partial charge in [-0.05, 0) is 64.2 Å². The van der Waals surface area contributed by atoms with Gasteiger partial charge in [0.25, 0.3) is 7.82 Å². The van der Waals surface area contributed by atoms with Crippen molar-refractivity contribution >= 4 is 19.8 Å². The average molecular weight is 983 g/mol. The Morgan fingerprint density at radius 2 is 0.750 bits per heavy atom. The highest BCUT2D eigenvalue weighted by molar-refractivity contribution is 7.45.